The minimum atomic E-state index is -0.584. The maximum Gasteiger partial charge on any atom is 0.252 e. The van der Waals surface area contributed by atoms with E-state index in [9.17, 15) is 4.79 Å². The number of benzene rings is 1. The van der Waals surface area contributed by atoms with E-state index in [-0.39, 0.29) is 5.91 Å². The molecule has 2 rings (SSSR count). The molecule has 0 saturated carbocycles. The number of carbonyl (C=O) groups is 1. The molecule has 1 aromatic carbocycles. The monoisotopic (exact) mass is 299 g/mol. The zero-order valence-corrected chi connectivity index (χ0v) is 11.3. The van der Waals surface area contributed by atoms with Crippen LogP contribution in [0, 0.1) is 0 Å². The molecule has 4 nitrogen and oxygen atoms in total. The molecule has 0 unspecified atom stereocenters. The molecule has 1 aliphatic rings. The minimum absolute atomic E-state index is 0.0819. The van der Waals surface area contributed by atoms with Gasteiger partial charge >= 0.3 is 0 Å². The molecule has 0 aromatic heterocycles. The molecule has 1 aromatic rings. The van der Waals surface area contributed by atoms with Crippen LogP contribution in [-0.4, -0.2) is 33.3 Å². The molecule has 0 saturated heterocycles. The first-order valence-electron chi connectivity index (χ1n) is 5.23. The maximum absolute atomic E-state index is 11.9. The maximum atomic E-state index is 11.9. The average molecular weight is 300 g/mol. The highest BCUT2D eigenvalue weighted by Gasteiger charge is 2.43. The number of fused-ring (bicyclic) bond motifs is 1. The molecule has 0 atom stereocenters. The summed E-state index contributed by atoms with van der Waals surface area (Å²) < 4.78 is 11.4. The Morgan fingerprint density at radius 2 is 1.94 bits per heavy atom. The lowest BCUT2D eigenvalue weighted by Gasteiger charge is -2.28. The minimum Gasteiger partial charge on any atom is -0.382 e. The molecule has 0 aliphatic carbocycles. The Bertz CT molecular complexity index is 441. The number of ether oxygens (including phenoxy) is 2. The molecular formula is C12H14BrNO3. The fourth-order valence-corrected chi connectivity index (χ4v) is 2.59. The average Bonchev–Trinajstić information content (AvgIpc) is 2.53. The molecule has 0 radical (unpaired) electrons. The zero-order valence-electron chi connectivity index (χ0n) is 9.75. The Labute approximate surface area is 108 Å². The molecule has 0 fully saturated rings. The molecule has 0 bridgehead atoms. The summed E-state index contributed by atoms with van der Waals surface area (Å²) in [5, 5.41) is 2.95. The first kappa shape index (κ1) is 12.5. The summed E-state index contributed by atoms with van der Waals surface area (Å²) in [6, 6.07) is 5.60. The summed E-state index contributed by atoms with van der Waals surface area (Å²) in [5.74, 6) is -0.0819. The van der Waals surface area contributed by atoms with Crippen molar-refractivity contribution in [1.82, 2.24) is 5.32 Å². The summed E-state index contributed by atoms with van der Waals surface area (Å²) in [5.41, 5.74) is 1.02. The summed E-state index contributed by atoms with van der Waals surface area (Å²) in [6.45, 7) is 0.770. The summed E-state index contributed by atoms with van der Waals surface area (Å²) >= 11 is 3.42. The Kier molecular flexibility index (Phi) is 3.51. The molecular weight excluding hydrogens is 286 g/mol. The molecule has 1 heterocycles. The highest BCUT2D eigenvalue weighted by Crippen LogP contribution is 2.33. The van der Waals surface area contributed by atoms with E-state index in [0.717, 1.165) is 10.0 Å². The molecule has 1 N–H and O–H groups in total. The number of hydrogen-bond acceptors (Lipinski definition) is 3. The van der Waals surface area contributed by atoms with E-state index in [1.54, 1.807) is 14.2 Å². The Morgan fingerprint density at radius 3 is 2.53 bits per heavy atom. The van der Waals surface area contributed by atoms with Crippen LogP contribution in [0.2, 0.25) is 0 Å². The van der Waals surface area contributed by atoms with Crippen LogP contribution < -0.4 is 5.32 Å². The van der Waals surface area contributed by atoms with Crippen molar-refractivity contribution in [2.45, 2.75) is 5.54 Å². The molecule has 92 valence electrons. The van der Waals surface area contributed by atoms with Gasteiger partial charge in [0, 0.05) is 24.3 Å². The standard InChI is InChI=1S/C12H14BrNO3/c1-16-6-12(7-17-2)10-5-8(13)3-4-9(10)11(15)14-12/h3-5H,6-7H2,1-2H3,(H,14,15). The van der Waals surface area contributed by atoms with Gasteiger partial charge in [-0.05, 0) is 23.8 Å². The van der Waals surface area contributed by atoms with Crippen LogP contribution >= 0.6 is 15.9 Å². The normalized spacial score (nSPS) is 16.8. The van der Waals surface area contributed by atoms with Crippen molar-refractivity contribution in [3.63, 3.8) is 0 Å². The molecule has 1 amide bonds. The molecule has 5 heteroatoms. The van der Waals surface area contributed by atoms with Crippen LogP contribution in [-0.2, 0) is 15.0 Å². The second-order valence-electron chi connectivity index (χ2n) is 4.09. The fraction of sp³-hybridized carbons (Fsp3) is 0.417. The number of amides is 1. The van der Waals surface area contributed by atoms with E-state index in [0.29, 0.717) is 18.8 Å². The largest absolute Gasteiger partial charge is 0.382 e. The fourth-order valence-electron chi connectivity index (χ4n) is 2.22. The van der Waals surface area contributed by atoms with Crippen molar-refractivity contribution in [2.24, 2.45) is 0 Å². The van der Waals surface area contributed by atoms with Gasteiger partial charge in [0.2, 0.25) is 0 Å². The van der Waals surface area contributed by atoms with E-state index < -0.39 is 5.54 Å². The first-order chi connectivity index (χ1) is 8.13. The number of rotatable bonds is 4. The highest BCUT2D eigenvalue weighted by atomic mass is 79.9. The van der Waals surface area contributed by atoms with Gasteiger partial charge in [0.1, 0.15) is 5.54 Å². The van der Waals surface area contributed by atoms with Crippen molar-refractivity contribution in [2.75, 3.05) is 27.4 Å². The van der Waals surface area contributed by atoms with Crippen molar-refractivity contribution < 1.29 is 14.3 Å². The van der Waals surface area contributed by atoms with E-state index in [1.165, 1.54) is 0 Å². The quantitative estimate of drug-likeness (QED) is 0.920. The van der Waals surface area contributed by atoms with Gasteiger partial charge < -0.3 is 14.8 Å². The number of methoxy groups -OCH3 is 2. The van der Waals surface area contributed by atoms with E-state index in [2.05, 4.69) is 21.2 Å². The third kappa shape index (κ3) is 2.10. The summed E-state index contributed by atoms with van der Waals surface area (Å²) in [7, 11) is 3.22. The molecule has 1 aliphatic heterocycles. The molecule has 0 spiro atoms. The van der Waals surface area contributed by atoms with Gasteiger partial charge in [-0.1, -0.05) is 15.9 Å². The lowest BCUT2D eigenvalue weighted by molar-refractivity contribution is 0.0426. The van der Waals surface area contributed by atoms with Gasteiger partial charge in [0.25, 0.3) is 5.91 Å². The third-order valence-electron chi connectivity index (χ3n) is 2.88. The van der Waals surface area contributed by atoms with Crippen LogP contribution in [0.15, 0.2) is 22.7 Å². The highest BCUT2D eigenvalue weighted by molar-refractivity contribution is 9.10. The van der Waals surface area contributed by atoms with Crippen molar-refractivity contribution in [3.8, 4) is 0 Å². The van der Waals surface area contributed by atoms with Crippen molar-refractivity contribution >= 4 is 21.8 Å². The van der Waals surface area contributed by atoms with Gasteiger partial charge in [-0.25, -0.2) is 0 Å². The van der Waals surface area contributed by atoms with Crippen LogP contribution in [0.1, 0.15) is 15.9 Å². The van der Waals surface area contributed by atoms with Gasteiger partial charge in [-0.3, -0.25) is 4.79 Å². The van der Waals surface area contributed by atoms with Crippen LogP contribution in [0.3, 0.4) is 0 Å². The van der Waals surface area contributed by atoms with Crippen LogP contribution in [0.25, 0.3) is 0 Å². The van der Waals surface area contributed by atoms with Crippen molar-refractivity contribution in [1.29, 1.82) is 0 Å². The van der Waals surface area contributed by atoms with Gasteiger partial charge in [-0.15, -0.1) is 0 Å². The van der Waals surface area contributed by atoms with E-state index in [4.69, 9.17) is 9.47 Å². The Hall–Kier alpha value is -0.910. The summed E-state index contributed by atoms with van der Waals surface area (Å²) in [6.07, 6.45) is 0. The second-order valence-corrected chi connectivity index (χ2v) is 5.01. The van der Waals surface area contributed by atoms with Gasteiger partial charge in [0.05, 0.1) is 13.2 Å². The number of nitrogens with one attached hydrogen (secondary N) is 1. The number of halogens is 1. The predicted octanol–water partition coefficient (Wildman–Crippen LogP) is 1.68. The smallest absolute Gasteiger partial charge is 0.252 e. The lowest BCUT2D eigenvalue weighted by atomic mass is 9.92. The third-order valence-corrected chi connectivity index (χ3v) is 3.37. The van der Waals surface area contributed by atoms with E-state index in [1.807, 2.05) is 18.2 Å². The zero-order chi connectivity index (χ0) is 12.5. The predicted molar refractivity (Wildman–Crippen MR) is 67.0 cm³/mol. The second kappa shape index (κ2) is 4.76. The topological polar surface area (TPSA) is 47.6 Å². The van der Waals surface area contributed by atoms with Crippen LogP contribution in [0.4, 0.5) is 0 Å². The molecule has 17 heavy (non-hydrogen) atoms. The Balaban J connectivity index is 2.51. The van der Waals surface area contributed by atoms with E-state index >= 15 is 0 Å². The number of carbonyl (C=O) groups excluding carboxylic acids is 1. The van der Waals surface area contributed by atoms with Crippen LogP contribution in [0.5, 0.6) is 0 Å². The van der Waals surface area contributed by atoms with Gasteiger partial charge in [-0.2, -0.15) is 0 Å². The Morgan fingerprint density at radius 1 is 1.29 bits per heavy atom. The summed E-state index contributed by atoms with van der Waals surface area (Å²) in [4.78, 5) is 11.9. The van der Waals surface area contributed by atoms with Crippen molar-refractivity contribution in [3.05, 3.63) is 33.8 Å². The SMILES string of the molecule is COCC1(COC)NC(=O)c2ccc(Br)cc21. The first-order valence-corrected chi connectivity index (χ1v) is 6.03. The number of hydrogen-bond donors (Lipinski definition) is 1. The lowest BCUT2D eigenvalue weighted by Crippen LogP contribution is -2.47. The van der Waals surface area contributed by atoms with Gasteiger partial charge in [0.15, 0.2) is 0 Å².